The molecule has 3 aromatic rings. The number of rotatable bonds is 5. The van der Waals surface area contributed by atoms with Crippen LogP contribution in [0.2, 0.25) is 5.02 Å². The maximum absolute atomic E-state index is 13.2. The molecule has 26 heavy (non-hydrogen) atoms. The number of anilines is 1. The van der Waals surface area contributed by atoms with Crippen LogP contribution in [0.4, 0.5) is 5.69 Å². The highest BCUT2D eigenvalue weighted by Gasteiger charge is 2.24. The van der Waals surface area contributed by atoms with Crippen LogP contribution in [0, 0.1) is 0 Å². The highest BCUT2D eigenvalue weighted by Crippen LogP contribution is 2.27. The van der Waals surface area contributed by atoms with E-state index < -0.39 is 5.97 Å². The second-order valence-corrected chi connectivity index (χ2v) is 6.09. The molecule has 0 fully saturated rings. The van der Waals surface area contributed by atoms with Crippen molar-refractivity contribution in [3.63, 3.8) is 0 Å². The minimum atomic E-state index is -1.09. The van der Waals surface area contributed by atoms with E-state index in [1.165, 1.54) is 11.0 Å². The quantitative estimate of drug-likeness (QED) is 0.700. The number of aromatic carboxylic acids is 1. The summed E-state index contributed by atoms with van der Waals surface area (Å²) in [5.74, 6) is -1.45. The molecule has 0 saturated heterocycles. The van der Waals surface area contributed by atoms with Gasteiger partial charge >= 0.3 is 5.97 Å². The number of carbonyl (C=O) groups excluding carboxylic acids is 1. The van der Waals surface area contributed by atoms with E-state index in [1.54, 1.807) is 42.5 Å². The third-order valence-electron chi connectivity index (χ3n) is 3.96. The Bertz CT molecular complexity index is 941. The molecule has 0 aromatic heterocycles. The van der Waals surface area contributed by atoms with Crippen LogP contribution in [0.3, 0.4) is 0 Å². The van der Waals surface area contributed by atoms with Crippen molar-refractivity contribution in [2.24, 2.45) is 0 Å². The number of carboxylic acid groups (broad SMARTS) is 1. The van der Waals surface area contributed by atoms with Crippen molar-refractivity contribution >= 4 is 29.2 Å². The monoisotopic (exact) mass is 365 g/mol. The largest absolute Gasteiger partial charge is 0.478 e. The van der Waals surface area contributed by atoms with Gasteiger partial charge in [-0.25, -0.2) is 4.79 Å². The third-order valence-corrected chi connectivity index (χ3v) is 4.29. The Labute approximate surface area is 156 Å². The fraction of sp³-hybridized carbons (Fsp3) is 0.0476. The topological polar surface area (TPSA) is 57.6 Å². The Morgan fingerprint density at radius 2 is 1.38 bits per heavy atom. The molecule has 0 saturated carbocycles. The molecular formula is C21H16ClNO3. The lowest BCUT2D eigenvalue weighted by atomic mass is 10.1. The SMILES string of the molecule is O=C(O)c1ccccc1N(Cc1ccccc1)C(=O)c1ccccc1Cl. The highest BCUT2D eigenvalue weighted by molar-refractivity contribution is 6.34. The van der Waals surface area contributed by atoms with Gasteiger partial charge in [-0.15, -0.1) is 0 Å². The molecule has 0 aliphatic carbocycles. The van der Waals surface area contributed by atoms with Gasteiger partial charge in [0.2, 0.25) is 0 Å². The first kappa shape index (κ1) is 17.7. The van der Waals surface area contributed by atoms with Crippen LogP contribution < -0.4 is 4.90 Å². The zero-order chi connectivity index (χ0) is 18.5. The van der Waals surface area contributed by atoms with Crippen molar-refractivity contribution in [2.45, 2.75) is 6.54 Å². The zero-order valence-electron chi connectivity index (χ0n) is 13.8. The van der Waals surface area contributed by atoms with E-state index in [4.69, 9.17) is 11.6 Å². The molecule has 0 spiro atoms. The van der Waals surface area contributed by atoms with E-state index in [0.717, 1.165) is 5.56 Å². The number of hydrogen-bond acceptors (Lipinski definition) is 2. The fourth-order valence-electron chi connectivity index (χ4n) is 2.70. The molecule has 0 radical (unpaired) electrons. The highest BCUT2D eigenvalue weighted by atomic mass is 35.5. The first-order chi connectivity index (χ1) is 12.6. The van der Waals surface area contributed by atoms with Crippen LogP contribution in [-0.2, 0) is 6.54 Å². The second-order valence-electron chi connectivity index (χ2n) is 5.68. The summed E-state index contributed by atoms with van der Waals surface area (Å²) in [7, 11) is 0. The van der Waals surface area contributed by atoms with Crippen molar-refractivity contribution in [1.82, 2.24) is 0 Å². The number of halogens is 1. The molecule has 0 unspecified atom stereocenters. The molecule has 0 aliphatic rings. The Hall–Kier alpha value is -3.11. The summed E-state index contributed by atoms with van der Waals surface area (Å²) < 4.78 is 0. The zero-order valence-corrected chi connectivity index (χ0v) is 14.6. The van der Waals surface area contributed by atoms with E-state index in [-0.39, 0.29) is 18.0 Å². The fourth-order valence-corrected chi connectivity index (χ4v) is 2.92. The van der Waals surface area contributed by atoms with Gasteiger partial charge in [0.1, 0.15) is 0 Å². The molecule has 1 N–H and O–H groups in total. The number of carbonyl (C=O) groups is 2. The summed E-state index contributed by atoms with van der Waals surface area (Å²) >= 11 is 6.19. The minimum absolute atomic E-state index is 0.0591. The Morgan fingerprint density at radius 3 is 2.04 bits per heavy atom. The summed E-state index contributed by atoms with van der Waals surface area (Å²) in [5.41, 5.74) is 1.59. The van der Waals surface area contributed by atoms with Crippen LogP contribution in [0.25, 0.3) is 0 Å². The Morgan fingerprint density at radius 1 is 0.808 bits per heavy atom. The molecule has 0 heterocycles. The van der Waals surface area contributed by atoms with Crippen LogP contribution in [-0.4, -0.2) is 17.0 Å². The van der Waals surface area contributed by atoms with Gasteiger partial charge in [0.15, 0.2) is 0 Å². The number of para-hydroxylation sites is 1. The van der Waals surface area contributed by atoms with E-state index in [9.17, 15) is 14.7 Å². The van der Waals surface area contributed by atoms with Crippen molar-refractivity contribution in [3.8, 4) is 0 Å². The van der Waals surface area contributed by atoms with Gasteiger partial charge in [0.05, 0.1) is 28.4 Å². The lowest BCUT2D eigenvalue weighted by molar-refractivity contribution is 0.0697. The van der Waals surface area contributed by atoms with Crippen LogP contribution in [0.15, 0.2) is 78.9 Å². The van der Waals surface area contributed by atoms with Crippen LogP contribution in [0.5, 0.6) is 0 Å². The molecule has 0 aliphatic heterocycles. The smallest absolute Gasteiger partial charge is 0.337 e. The summed E-state index contributed by atoms with van der Waals surface area (Å²) in [6.07, 6.45) is 0. The lowest BCUT2D eigenvalue weighted by Crippen LogP contribution is -2.32. The van der Waals surface area contributed by atoms with Gasteiger partial charge in [-0.05, 0) is 29.8 Å². The number of hydrogen-bond donors (Lipinski definition) is 1. The van der Waals surface area contributed by atoms with E-state index in [0.29, 0.717) is 16.3 Å². The summed E-state index contributed by atoms with van der Waals surface area (Å²) in [4.78, 5) is 26.3. The first-order valence-corrected chi connectivity index (χ1v) is 8.38. The summed E-state index contributed by atoms with van der Waals surface area (Å²) in [6, 6.07) is 22.6. The average Bonchev–Trinajstić information content (AvgIpc) is 2.67. The average molecular weight is 366 g/mol. The molecule has 3 rings (SSSR count). The van der Waals surface area contributed by atoms with E-state index in [2.05, 4.69) is 0 Å². The maximum Gasteiger partial charge on any atom is 0.337 e. The molecule has 1 amide bonds. The van der Waals surface area contributed by atoms with Gasteiger partial charge in [-0.2, -0.15) is 0 Å². The Kier molecular flexibility index (Phi) is 5.34. The van der Waals surface area contributed by atoms with Gasteiger partial charge < -0.3 is 10.0 Å². The third kappa shape index (κ3) is 3.76. The maximum atomic E-state index is 13.2. The summed E-state index contributed by atoms with van der Waals surface area (Å²) in [6.45, 7) is 0.231. The number of nitrogens with zero attached hydrogens (tertiary/aromatic N) is 1. The summed E-state index contributed by atoms with van der Waals surface area (Å²) in [5, 5.41) is 9.85. The molecular weight excluding hydrogens is 350 g/mol. The van der Waals surface area contributed by atoms with E-state index in [1.807, 2.05) is 30.3 Å². The predicted molar refractivity (Wildman–Crippen MR) is 102 cm³/mol. The standard InChI is InChI=1S/C21H16ClNO3/c22-18-12-6-4-10-16(18)20(24)23(14-15-8-2-1-3-9-15)19-13-7-5-11-17(19)21(25)26/h1-13H,14H2,(H,25,26). The molecule has 5 heteroatoms. The van der Waals surface area contributed by atoms with Crippen LogP contribution in [0.1, 0.15) is 26.3 Å². The van der Waals surface area contributed by atoms with Crippen molar-refractivity contribution < 1.29 is 14.7 Å². The minimum Gasteiger partial charge on any atom is -0.478 e. The molecule has 3 aromatic carbocycles. The predicted octanol–water partition coefficient (Wildman–Crippen LogP) is 4.89. The molecule has 0 atom stereocenters. The number of amides is 1. The van der Waals surface area contributed by atoms with Crippen LogP contribution >= 0.6 is 11.6 Å². The van der Waals surface area contributed by atoms with Crippen molar-refractivity contribution in [2.75, 3.05) is 4.90 Å². The van der Waals surface area contributed by atoms with Gasteiger partial charge in [0.25, 0.3) is 5.91 Å². The lowest BCUT2D eigenvalue weighted by Gasteiger charge is -2.25. The number of carboxylic acids is 1. The van der Waals surface area contributed by atoms with Crippen molar-refractivity contribution in [1.29, 1.82) is 0 Å². The van der Waals surface area contributed by atoms with Gasteiger partial charge in [0, 0.05) is 0 Å². The van der Waals surface area contributed by atoms with Crippen molar-refractivity contribution in [3.05, 3.63) is 101 Å². The van der Waals surface area contributed by atoms with Gasteiger partial charge in [-0.1, -0.05) is 66.2 Å². The molecule has 0 bridgehead atoms. The molecule has 4 nitrogen and oxygen atoms in total. The second kappa shape index (κ2) is 7.85. The molecule has 130 valence electrons. The Balaban J connectivity index is 2.10. The first-order valence-electron chi connectivity index (χ1n) is 8.00. The van der Waals surface area contributed by atoms with E-state index >= 15 is 0 Å². The van der Waals surface area contributed by atoms with Gasteiger partial charge in [-0.3, -0.25) is 4.79 Å². The normalized spacial score (nSPS) is 10.3. The number of benzene rings is 3.